The van der Waals surface area contributed by atoms with Crippen LogP contribution in [-0.4, -0.2) is 25.2 Å². The lowest BCUT2D eigenvalue weighted by molar-refractivity contribution is -0.144. The third kappa shape index (κ3) is 5.82. The van der Waals surface area contributed by atoms with E-state index in [-0.39, 0.29) is 6.61 Å². The minimum atomic E-state index is -0.895. The van der Waals surface area contributed by atoms with Crippen molar-refractivity contribution in [1.82, 2.24) is 0 Å². The first-order chi connectivity index (χ1) is 9.67. The van der Waals surface area contributed by atoms with Crippen molar-refractivity contribution >= 4 is 5.97 Å². The van der Waals surface area contributed by atoms with Gasteiger partial charge in [0, 0.05) is 0 Å². The Labute approximate surface area is 119 Å². The highest BCUT2D eigenvalue weighted by Crippen LogP contribution is 2.13. The van der Waals surface area contributed by atoms with Crippen LogP contribution in [0.3, 0.4) is 0 Å². The van der Waals surface area contributed by atoms with E-state index in [1.54, 1.807) is 6.92 Å². The predicted molar refractivity (Wildman–Crippen MR) is 76.7 cm³/mol. The molecule has 0 aliphatic rings. The van der Waals surface area contributed by atoms with Crippen molar-refractivity contribution in [2.75, 3.05) is 13.2 Å². The van der Waals surface area contributed by atoms with E-state index in [0.717, 1.165) is 17.7 Å². The van der Waals surface area contributed by atoms with E-state index in [2.05, 4.69) is 5.18 Å². The average molecular weight is 279 g/mol. The zero-order chi connectivity index (χ0) is 14.8. The predicted octanol–water partition coefficient (Wildman–Crippen LogP) is 3.24. The lowest BCUT2D eigenvalue weighted by Gasteiger charge is -2.09. The van der Waals surface area contributed by atoms with Gasteiger partial charge in [-0.3, -0.25) is 0 Å². The van der Waals surface area contributed by atoms with Gasteiger partial charge in [-0.15, -0.1) is 4.91 Å². The Morgan fingerprint density at radius 3 is 2.80 bits per heavy atom. The van der Waals surface area contributed by atoms with Crippen molar-refractivity contribution < 1.29 is 14.3 Å². The van der Waals surface area contributed by atoms with Gasteiger partial charge in [0.1, 0.15) is 5.75 Å². The fraction of sp³-hybridized carbons (Fsp3) is 0.533. The molecule has 1 aromatic rings. The molecule has 1 aromatic carbocycles. The van der Waals surface area contributed by atoms with Gasteiger partial charge in [0.05, 0.1) is 13.2 Å². The Morgan fingerprint density at radius 1 is 1.35 bits per heavy atom. The van der Waals surface area contributed by atoms with Crippen molar-refractivity contribution in [3.05, 3.63) is 34.7 Å². The van der Waals surface area contributed by atoms with E-state index in [1.807, 2.05) is 31.2 Å². The number of aryl methyl sites for hydroxylation is 1. The maximum absolute atomic E-state index is 11.3. The second kappa shape index (κ2) is 9.07. The lowest BCUT2D eigenvalue weighted by atomic mass is 10.1. The fourth-order valence-corrected chi connectivity index (χ4v) is 1.79. The third-order valence-electron chi connectivity index (χ3n) is 2.82. The quantitative estimate of drug-likeness (QED) is 0.395. The van der Waals surface area contributed by atoms with Crippen LogP contribution in [-0.2, 0) is 9.53 Å². The van der Waals surface area contributed by atoms with E-state index in [9.17, 15) is 9.70 Å². The highest BCUT2D eigenvalue weighted by atomic mass is 16.5. The van der Waals surface area contributed by atoms with E-state index >= 15 is 0 Å². The van der Waals surface area contributed by atoms with E-state index < -0.39 is 12.0 Å². The normalized spacial score (nSPS) is 11.7. The molecule has 0 spiro atoms. The molecule has 20 heavy (non-hydrogen) atoms. The van der Waals surface area contributed by atoms with Crippen LogP contribution in [0.15, 0.2) is 29.4 Å². The van der Waals surface area contributed by atoms with Crippen LogP contribution in [0.1, 0.15) is 31.7 Å². The molecule has 0 heterocycles. The van der Waals surface area contributed by atoms with Crippen molar-refractivity contribution in [3.63, 3.8) is 0 Å². The van der Waals surface area contributed by atoms with Crippen LogP contribution < -0.4 is 4.74 Å². The van der Waals surface area contributed by atoms with E-state index in [0.29, 0.717) is 19.4 Å². The maximum Gasteiger partial charge on any atom is 0.334 e. The molecular formula is C15H21NO4. The molecule has 0 saturated carbocycles. The summed E-state index contributed by atoms with van der Waals surface area (Å²) in [4.78, 5) is 21.9. The molecule has 0 N–H and O–H groups in total. The van der Waals surface area contributed by atoms with Gasteiger partial charge < -0.3 is 9.47 Å². The molecule has 1 atom stereocenters. The first-order valence-corrected chi connectivity index (χ1v) is 6.86. The molecule has 0 radical (unpaired) electrons. The summed E-state index contributed by atoms with van der Waals surface area (Å²) >= 11 is 0. The number of esters is 1. The van der Waals surface area contributed by atoms with Crippen molar-refractivity contribution in [3.8, 4) is 5.75 Å². The largest absolute Gasteiger partial charge is 0.494 e. The van der Waals surface area contributed by atoms with E-state index in [1.165, 1.54) is 0 Å². The molecule has 0 bridgehead atoms. The van der Waals surface area contributed by atoms with Gasteiger partial charge in [-0.1, -0.05) is 17.3 Å². The summed E-state index contributed by atoms with van der Waals surface area (Å²) < 4.78 is 10.4. The summed E-state index contributed by atoms with van der Waals surface area (Å²) in [6, 6.07) is 6.93. The maximum atomic E-state index is 11.3. The summed E-state index contributed by atoms with van der Waals surface area (Å²) in [5, 5.41) is 2.81. The number of carbonyl (C=O) groups excluding carboxylic acids is 1. The molecule has 5 nitrogen and oxygen atoms in total. The zero-order valence-corrected chi connectivity index (χ0v) is 12.0. The van der Waals surface area contributed by atoms with Crippen LogP contribution in [0.5, 0.6) is 5.75 Å². The van der Waals surface area contributed by atoms with Crippen LogP contribution in [0.2, 0.25) is 0 Å². The number of hydrogen-bond donors (Lipinski definition) is 0. The Balaban J connectivity index is 2.21. The van der Waals surface area contributed by atoms with Crippen LogP contribution in [0.25, 0.3) is 0 Å². The molecule has 0 amide bonds. The number of unbranched alkanes of at least 4 members (excludes halogenated alkanes) is 1. The van der Waals surface area contributed by atoms with Crippen molar-refractivity contribution in [1.29, 1.82) is 0 Å². The summed E-state index contributed by atoms with van der Waals surface area (Å²) in [6.07, 6.45) is 1.86. The SMILES string of the molecule is CCOC(=O)C(CCCCOc1cccc(C)c1)N=O. The molecule has 0 aromatic heterocycles. The number of ether oxygens (including phenoxy) is 2. The monoisotopic (exact) mass is 279 g/mol. The molecule has 1 rings (SSSR count). The Kier molecular flexibility index (Phi) is 7.32. The zero-order valence-electron chi connectivity index (χ0n) is 12.0. The van der Waals surface area contributed by atoms with Crippen LogP contribution >= 0.6 is 0 Å². The van der Waals surface area contributed by atoms with Crippen molar-refractivity contribution in [2.45, 2.75) is 39.2 Å². The second-order valence-electron chi connectivity index (χ2n) is 4.53. The van der Waals surface area contributed by atoms with Crippen LogP contribution in [0, 0.1) is 11.8 Å². The fourth-order valence-electron chi connectivity index (χ4n) is 1.79. The van der Waals surface area contributed by atoms with Crippen LogP contribution in [0.4, 0.5) is 0 Å². The number of carbonyl (C=O) groups is 1. The van der Waals surface area contributed by atoms with E-state index in [4.69, 9.17) is 9.47 Å². The summed E-state index contributed by atoms with van der Waals surface area (Å²) in [5.41, 5.74) is 1.15. The highest BCUT2D eigenvalue weighted by molar-refractivity contribution is 5.75. The molecule has 110 valence electrons. The first-order valence-electron chi connectivity index (χ1n) is 6.86. The smallest absolute Gasteiger partial charge is 0.334 e. The minimum Gasteiger partial charge on any atom is -0.494 e. The molecule has 1 unspecified atom stereocenters. The summed E-state index contributed by atoms with van der Waals surface area (Å²) in [7, 11) is 0. The number of rotatable bonds is 9. The van der Waals surface area contributed by atoms with Gasteiger partial charge >= 0.3 is 5.97 Å². The molecule has 0 fully saturated rings. The Hall–Kier alpha value is -1.91. The Bertz CT molecular complexity index is 434. The topological polar surface area (TPSA) is 65.0 Å². The Morgan fingerprint density at radius 2 is 2.15 bits per heavy atom. The van der Waals surface area contributed by atoms with Gasteiger partial charge in [0.2, 0.25) is 0 Å². The molecule has 0 aliphatic carbocycles. The number of nitroso groups, excluding NO2 is 1. The standard InChI is InChI=1S/C15H21NO4/c1-3-19-15(17)14(16-18)9-4-5-10-20-13-8-6-7-12(2)11-13/h6-8,11,14H,3-5,9-10H2,1-2H3. The molecule has 0 saturated heterocycles. The number of nitrogens with zero attached hydrogens (tertiary/aromatic N) is 1. The first kappa shape index (κ1) is 16.1. The number of hydrogen-bond acceptors (Lipinski definition) is 5. The molecule has 5 heteroatoms. The molecule has 0 aliphatic heterocycles. The second-order valence-corrected chi connectivity index (χ2v) is 4.53. The summed E-state index contributed by atoms with van der Waals surface area (Å²) in [5.74, 6) is 0.294. The average Bonchev–Trinajstić information content (AvgIpc) is 2.43. The lowest BCUT2D eigenvalue weighted by Crippen LogP contribution is -2.21. The number of benzene rings is 1. The van der Waals surface area contributed by atoms with Gasteiger partial charge in [0.15, 0.2) is 6.04 Å². The minimum absolute atomic E-state index is 0.265. The van der Waals surface area contributed by atoms with Gasteiger partial charge in [-0.2, -0.15) is 0 Å². The van der Waals surface area contributed by atoms with Crippen molar-refractivity contribution in [2.24, 2.45) is 5.18 Å². The van der Waals surface area contributed by atoms with Gasteiger partial charge in [-0.25, -0.2) is 4.79 Å². The van der Waals surface area contributed by atoms with Gasteiger partial charge in [-0.05, 0) is 50.8 Å². The highest BCUT2D eigenvalue weighted by Gasteiger charge is 2.19. The van der Waals surface area contributed by atoms with Gasteiger partial charge in [0.25, 0.3) is 0 Å². The molecular weight excluding hydrogens is 258 g/mol. The summed E-state index contributed by atoms with van der Waals surface area (Å²) in [6.45, 7) is 4.53. The third-order valence-corrected chi connectivity index (χ3v) is 2.82.